The van der Waals surface area contributed by atoms with Crippen molar-refractivity contribution in [1.29, 1.82) is 0 Å². The monoisotopic (exact) mass is 366 g/mol. The SMILES string of the molecule is CCNC(=NCc1ccon1)NC(C)C(C)C.I. The summed E-state index contributed by atoms with van der Waals surface area (Å²) in [6.07, 6.45) is 1.56. The molecule has 1 aromatic heterocycles. The number of rotatable bonds is 5. The average molecular weight is 366 g/mol. The van der Waals surface area contributed by atoms with Crippen molar-refractivity contribution in [3.63, 3.8) is 0 Å². The van der Waals surface area contributed by atoms with Gasteiger partial charge in [0.25, 0.3) is 0 Å². The maximum atomic E-state index is 4.77. The molecule has 0 aliphatic rings. The summed E-state index contributed by atoms with van der Waals surface area (Å²) in [5.74, 6) is 1.38. The second-order valence-electron chi connectivity index (χ2n) is 4.36. The third-order valence-electron chi connectivity index (χ3n) is 2.60. The Hall–Kier alpha value is -0.790. The molecular formula is C12H23IN4O. The van der Waals surface area contributed by atoms with Crippen LogP contribution >= 0.6 is 24.0 Å². The van der Waals surface area contributed by atoms with Crippen LogP contribution in [-0.4, -0.2) is 23.7 Å². The van der Waals surface area contributed by atoms with E-state index < -0.39 is 0 Å². The number of nitrogens with one attached hydrogen (secondary N) is 2. The fraction of sp³-hybridized carbons (Fsp3) is 0.667. The summed E-state index contributed by atoms with van der Waals surface area (Å²) in [6, 6.07) is 2.20. The van der Waals surface area contributed by atoms with Gasteiger partial charge in [-0.3, -0.25) is 0 Å². The smallest absolute Gasteiger partial charge is 0.191 e. The second-order valence-corrected chi connectivity index (χ2v) is 4.36. The van der Waals surface area contributed by atoms with Crippen LogP contribution in [0.4, 0.5) is 0 Å². The van der Waals surface area contributed by atoms with E-state index in [1.165, 1.54) is 0 Å². The molecule has 0 aliphatic heterocycles. The molecular weight excluding hydrogens is 343 g/mol. The Kier molecular flexibility index (Phi) is 8.78. The van der Waals surface area contributed by atoms with E-state index >= 15 is 0 Å². The zero-order valence-corrected chi connectivity index (χ0v) is 13.8. The second kappa shape index (κ2) is 9.18. The Morgan fingerprint density at radius 1 is 1.44 bits per heavy atom. The van der Waals surface area contributed by atoms with E-state index in [0.717, 1.165) is 18.2 Å². The van der Waals surface area contributed by atoms with Gasteiger partial charge in [-0.15, -0.1) is 24.0 Å². The highest BCUT2D eigenvalue weighted by atomic mass is 127. The molecule has 18 heavy (non-hydrogen) atoms. The minimum absolute atomic E-state index is 0. The highest BCUT2D eigenvalue weighted by Crippen LogP contribution is 2.00. The van der Waals surface area contributed by atoms with Gasteiger partial charge < -0.3 is 15.2 Å². The largest absolute Gasteiger partial charge is 0.364 e. The predicted octanol–water partition coefficient (Wildman–Crippen LogP) is 2.39. The molecule has 5 nitrogen and oxygen atoms in total. The zero-order valence-electron chi connectivity index (χ0n) is 11.4. The number of aliphatic imine (C=N–C) groups is 1. The molecule has 0 aliphatic carbocycles. The van der Waals surface area contributed by atoms with Gasteiger partial charge in [0.2, 0.25) is 0 Å². The molecule has 0 saturated heterocycles. The van der Waals surface area contributed by atoms with Crippen molar-refractivity contribution in [2.24, 2.45) is 10.9 Å². The fourth-order valence-electron chi connectivity index (χ4n) is 1.18. The highest BCUT2D eigenvalue weighted by Gasteiger charge is 2.08. The third-order valence-corrected chi connectivity index (χ3v) is 2.60. The number of halogens is 1. The molecule has 0 aromatic carbocycles. The van der Waals surface area contributed by atoms with Crippen LogP contribution in [0.5, 0.6) is 0 Å². The molecule has 1 aromatic rings. The van der Waals surface area contributed by atoms with Gasteiger partial charge in [0.1, 0.15) is 12.0 Å². The fourth-order valence-corrected chi connectivity index (χ4v) is 1.18. The molecule has 6 heteroatoms. The van der Waals surface area contributed by atoms with Crippen molar-refractivity contribution in [2.75, 3.05) is 6.54 Å². The molecule has 0 amide bonds. The van der Waals surface area contributed by atoms with Crippen molar-refractivity contribution in [1.82, 2.24) is 15.8 Å². The number of guanidine groups is 1. The molecule has 0 bridgehead atoms. The molecule has 104 valence electrons. The van der Waals surface area contributed by atoms with Crippen LogP contribution in [0.15, 0.2) is 21.8 Å². The van der Waals surface area contributed by atoms with Crippen LogP contribution in [0, 0.1) is 5.92 Å². The zero-order chi connectivity index (χ0) is 12.7. The standard InChI is InChI=1S/C12H22N4O.HI/c1-5-13-12(15-10(4)9(2)3)14-8-11-6-7-17-16-11;/h6-7,9-10H,5,8H2,1-4H3,(H2,13,14,15);1H. The lowest BCUT2D eigenvalue weighted by atomic mass is 10.1. The molecule has 1 atom stereocenters. The molecule has 1 unspecified atom stereocenters. The summed E-state index contributed by atoms with van der Waals surface area (Å²) >= 11 is 0. The molecule has 0 fully saturated rings. The van der Waals surface area contributed by atoms with Crippen LogP contribution in [-0.2, 0) is 6.54 Å². The Morgan fingerprint density at radius 3 is 2.67 bits per heavy atom. The minimum atomic E-state index is 0. The van der Waals surface area contributed by atoms with E-state index in [9.17, 15) is 0 Å². The summed E-state index contributed by atoms with van der Waals surface area (Å²) in [5, 5.41) is 10.4. The number of nitrogens with zero attached hydrogens (tertiary/aromatic N) is 2. The quantitative estimate of drug-likeness (QED) is 0.477. The maximum Gasteiger partial charge on any atom is 0.191 e. The van der Waals surface area contributed by atoms with Crippen molar-refractivity contribution in [3.8, 4) is 0 Å². The van der Waals surface area contributed by atoms with E-state index in [2.05, 4.69) is 41.6 Å². The maximum absolute atomic E-state index is 4.77. The normalized spacial score (nSPS) is 13.1. The first kappa shape index (κ1) is 17.2. The van der Waals surface area contributed by atoms with Crippen LogP contribution in [0.1, 0.15) is 33.4 Å². The van der Waals surface area contributed by atoms with Crippen LogP contribution in [0.25, 0.3) is 0 Å². The van der Waals surface area contributed by atoms with E-state index in [-0.39, 0.29) is 24.0 Å². The molecule has 0 radical (unpaired) electrons. The minimum Gasteiger partial charge on any atom is -0.364 e. The van der Waals surface area contributed by atoms with Gasteiger partial charge in [0.15, 0.2) is 5.96 Å². The van der Waals surface area contributed by atoms with Crippen molar-refractivity contribution in [2.45, 2.75) is 40.3 Å². The van der Waals surface area contributed by atoms with E-state index in [1.54, 1.807) is 6.26 Å². The Balaban J connectivity index is 0.00000289. The van der Waals surface area contributed by atoms with Crippen molar-refractivity contribution in [3.05, 3.63) is 18.0 Å². The van der Waals surface area contributed by atoms with Gasteiger partial charge in [0, 0.05) is 18.7 Å². The first-order valence-corrected chi connectivity index (χ1v) is 6.07. The van der Waals surface area contributed by atoms with Crippen LogP contribution in [0.3, 0.4) is 0 Å². The first-order valence-electron chi connectivity index (χ1n) is 6.07. The predicted molar refractivity (Wildman–Crippen MR) is 84.2 cm³/mol. The molecule has 1 rings (SSSR count). The molecule has 0 saturated carbocycles. The molecule has 2 N–H and O–H groups in total. The average Bonchev–Trinajstić information content (AvgIpc) is 2.78. The Morgan fingerprint density at radius 2 is 2.17 bits per heavy atom. The van der Waals surface area contributed by atoms with Gasteiger partial charge in [-0.2, -0.15) is 0 Å². The third kappa shape index (κ3) is 6.23. The lowest BCUT2D eigenvalue weighted by molar-refractivity contribution is 0.412. The van der Waals surface area contributed by atoms with Gasteiger partial charge in [-0.1, -0.05) is 19.0 Å². The van der Waals surface area contributed by atoms with Gasteiger partial charge in [0.05, 0.1) is 6.54 Å². The number of hydrogen-bond donors (Lipinski definition) is 2. The topological polar surface area (TPSA) is 62.5 Å². The van der Waals surface area contributed by atoms with E-state index in [0.29, 0.717) is 18.5 Å². The molecule has 1 heterocycles. The summed E-state index contributed by atoms with van der Waals surface area (Å²) in [4.78, 5) is 4.45. The highest BCUT2D eigenvalue weighted by molar-refractivity contribution is 14.0. The summed E-state index contributed by atoms with van der Waals surface area (Å²) in [6.45, 7) is 9.92. The van der Waals surface area contributed by atoms with Crippen molar-refractivity contribution < 1.29 is 4.52 Å². The first-order chi connectivity index (χ1) is 8.13. The van der Waals surface area contributed by atoms with Crippen molar-refractivity contribution >= 4 is 29.9 Å². The van der Waals surface area contributed by atoms with E-state index in [4.69, 9.17) is 4.52 Å². The van der Waals surface area contributed by atoms with Gasteiger partial charge >= 0.3 is 0 Å². The van der Waals surface area contributed by atoms with Crippen LogP contribution < -0.4 is 10.6 Å². The van der Waals surface area contributed by atoms with Crippen LogP contribution in [0.2, 0.25) is 0 Å². The number of hydrogen-bond acceptors (Lipinski definition) is 3. The van der Waals surface area contributed by atoms with Gasteiger partial charge in [-0.25, -0.2) is 4.99 Å². The Bertz CT molecular complexity index is 338. The summed E-state index contributed by atoms with van der Waals surface area (Å²) < 4.78 is 4.77. The summed E-state index contributed by atoms with van der Waals surface area (Å²) in [7, 11) is 0. The van der Waals surface area contributed by atoms with Gasteiger partial charge in [-0.05, 0) is 19.8 Å². The number of aromatic nitrogens is 1. The summed E-state index contributed by atoms with van der Waals surface area (Å²) in [5.41, 5.74) is 0.833. The van der Waals surface area contributed by atoms with E-state index in [1.807, 2.05) is 13.0 Å². The molecule has 0 spiro atoms. The lowest BCUT2D eigenvalue weighted by Gasteiger charge is -2.20. The lowest BCUT2D eigenvalue weighted by Crippen LogP contribution is -2.44. The Labute approximate surface area is 126 Å².